The summed E-state index contributed by atoms with van der Waals surface area (Å²) in [6, 6.07) is 0.463. The van der Waals surface area contributed by atoms with Crippen LogP contribution in [-0.4, -0.2) is 34.4 Å². The summed E-state index contributed by atoms with van der Waals surface area (Å²) in [6.45, 7) is 7.40. The summed E-state index contributed by atoms with van der Waals surface area (Å²) in [5, 5.41) is 24.8. The van der Waals surface area contributed by atoms with Gasteiger partial charge in [-0.15, -0.1) is 0 Å². The number of hydrogen-bond acceptors (Lipinski definition) is 3. The molecule has 0 aromatic carbocycles. The predicted molar refractivity (Wildman–Crippen MR) is 122 cm³/mol. The fourth-order valence-corrected chi connectivity index (χ4v) is 9.26. The van der Waals surface area contributed by atoms with E-state index >= 15 is 0 Å². The summed E-state index contributed by atoms with van der Waals surface area (Å²) in [4.78, 5) is 12.2. The van der Waals surface area contributed by atoms with E-state index in [0.29, 0.717) is 58.8 Å². The maximum absolute atomic E-state index is 12.2. The Balaban J connectivity index is 1.28. The van der Waals surface area contributed by atoms with Gasteiger partial charge in [0, 0.05) is 12.5 Å². The van der Waals surface area contributed by atoms with Gasteiger partial charge in [0.2, 0.25) is 5.91 Å². The molecular weight excluding hydrogens is 386 g/mol. The molecule has 5 aliphatic rings. The standard InChI is InChI=1S/C27H45NO3/c1-16(4-9-24(31)28-18-5-6-18)20-7-8-21-25-22(11-13-27(20,21)3)26(2)12-10-19(29)14-17(26)15-23(25)30/h16-23,25,29-30H,4-15H2,1-3H3,(H,28,31)/t16-,17+,19-,20-,21+,22+,23+,25+,26+,27-/m1/s1. The van der Waals surface area contributed by atoms with Gasteiger partial charge in [-0.3, -0.25) is 4.79 Å². The van der Waals surface area contributed by atoms with E-state index in [1.165, 1.54) is 25.7 Å². The molecule has 3 N–H and O–H groups in total. The summed E-state index contributed by atoms with van der Waals surface area (Å²) in [5.74, 6) is 3.66. The van der Waals surface area contributed by atoms with Gasteiger partial charge in [0.25, 0.3) is 0 Å². The zero-order chi connectivity index (χ0) is 22.0. The van der Waals surface area contributed by atoms with Gasteiger partial charge in [0.15, 0.2) is 0 Å². The largest absolute Gasteiger partial charge is 0.393 e. The van der Waals surface area contributed by atoms with Crippen molar-refractivity contribution in [2.45, 2.75) is 116 Å². The van der Waals surface area contributed by atoms with E-state index in [1.807, 2.05) is 0 Å². The molecule has 0 spiro atoms. The molecule has 0 bridgehead atoms. The monoisotopic (exact) mass is 431 g/mol. The first kappa shape index (κ1) is 22.2. The molecule has 0 heterocycles. The molecular formula is C27H45NO3. The molecule has 0 aromatic rings. The van der Waals surface area contributed by atoms with Crippen LogP contribution in [0.2, 0.25) is 0 Å². The highest BCUT2D eigenvalue weighted by atomic mass is 16.3. The molecule has 5 rings (SSSR count). The Morgan fingerprint density at radius 1 is 0.968 bits per heavy atom. The van der Waals surface area contributed by atoms with Crippen LogP contribution >= 0.6 is 0 Å². The molecule has 4 heteroatoms. The Kier molecular flexibility index (Phi) is 5.73. The first-order chi connectivity index (χ1) is 14.7. The maximum atomic E-state index is 12.2. The first-order valence-corrected chi connectivity index (χ1v) is 13.4. The summed E-state index contributed by atoms with van der Waals surface area (Å²) in [6.07, 6.45) is 12.5. The minimum absolute atomic E-state index is 0.162. The van der Waals surface area contributed by atoms with Crippen LogP contribution in [0, 0.1) is 46.3 Å². The van der Waals surface area contributed by atoms with Gasteiger partial charge in [-0.25, -0.2) is 0 Å². The van der Waals surface area contributed by atoms with Crippen LogP contribution in [0.15, 0.2) is 0 Å². The molecule has 0 aromatic heterocycles. The number of hydrogen-bond donors (Lipinski definition) is 3. The third-order valence-electron chi connectivity index (χ3n) is 11.2. The average molecular weight is 432 g/mol. The van der Waals surface area contributed by atoms with Crippen molar-refractivity contribution >= 4 is 5.91 Å². The van der Waals surface area contributed by atoms with Crippen molar-refractivity contribution in [3.8, 4) is 0 Å². The molecule has 31 heavy (non-hydrogen) atoms. The van der Waals surface area contributed by atoms with Gasteiger partial charge < -0.3 is 15.5 Å². The van der Waals surface area contributed by atoms with Gasteiger partial charge in [0.1, 0.15) is 0 Å². The third-order valence-corrected chi connectivity index (χ3v) is 11.2. The van der Waals surface area contributed by atoms with Crippen LogP contribution in [0.5, 0.6) is 0 Å². The molecule has 1 amide bonds. The highest BCUT2D eigenvalue weighted by Gasteiger charge is 2.62. The van der Waals surface area contributed by atoms with E-state index in [1.54, 1.807) is 0 Å². The fourth-order valence-electron chi connectivity index (χ4n) is 9.26. The van der Waals surface area contributed by atoms with Gasteiger partial charge in [0.05, 0.1) is 12.2 Å². The molecule has 0 aliphatic heterocycles. The zero-order valence-corrected chi connectivity index (χ0v) is 20.0. The van der Waals surface area contributed by atoms with Crippen molar-refractivity contribution in [1.29, 1.82) is 0 Å². The highest BCUT2D eigenvalue weighted by Crippen LogP contribution is 2.68. The minimum atomic E-state index is -0.198. The molecule has 10 atom stereocenters. The van der Waals surface area contributed by atoms with Crippen molar-refractivity contribution in [3.05, 3.63) is 0 Å². The second kappa shape index (κ2) is 8.01. The second-order valence-electron chi connectivity index (χ2n) is 12.8. The lowest BCUT2D eigenvalue weighted by Crippen LogP contribution is -2.58. The van der Waals surface area contributed by atoms with Crippen LogP contribution in [0.3, 0.4) is 0 Å². The minimum Gasteiger partial charge on any atom is -0.393 e. The van der Waals surface area contributed by atoms with Crippen molar-refractivity contribution in [2.24, 2.45) is 46.3 Å². The first-order valence-electron chi connectivity index (χ1n) is 13.4. The van der Waals surface area contributed by atoms with Gasteiger partial charge in [-0.2, -0.15) is 0 Å². The van der Waals surface area contributed by atoms with Crippen molar-refractivity contribution in [3.63, 3.8) is 0 Å². The lowest BCUT2D eigenvalue weighted by atomic mass is 9.43. The number of aliphatic hydroxyl groups excluding tert-OH is 2. The molecule has 5 aliphatic carbocycles. The quantitative estimate of drug-likeness (QED) is 0.592. The van der Waals surface area contributed by atoms with Crippen LogP contribution in [0.1, 0.15) is 97.8 Å². The Morgan fingerprint density at radius 2 is 1.68 bits per heavy atom. The molecule has 0 saturated heterocycles. The maximum Gasteiger partial charge on any atom is 0.220 e. The summed E-state index contributed by atoms with van der Waals surface area (Å²) >= 11 is 0. The topological polar surface area (TPSA) is 69.6 Å². The average Bonchev–Trinajstić information content (AvgIpc) is 3.46. The van der Waals surface area contributed by atoms with E-state index < -0.39 is 0 Å². The van der Waals surface area contributed by atoms with Gasteiger partial charge in [-0.05, 0) is 117 Å². The summed E-state index contributed by atoms with van der Waals surface area (Å²) < 4.78 is 0. The van der Waals surface area contributed by atoms with Crippen LogP contribution < -0.4 is 5.32 Å². The Labute approximate surface area is 188 Å². The lowest BCUT2D eigenvalue weighted by molar-refractivity contribution is -0.174. The van der Waals surface area contributed by atoms with Crippen LogP contribution in [0.25, 0.3) is 0 Å². The van der Waals surface area contributed by atoms with E-state index in [-0.39, 0.29) is 18.1 Å². The van der Waals surface area contributed by atoms with Gasteiger partial charge in [-0.1, -0.05) is 20.8 Å². The number of amides is 1. The molecule has 0 radical (unpaired) electrons. The highest BCUT2D eigenvalue weighted by molar-refractivity contribution is 5.76. The Morgan fingerprint density at radius 3 is 2.42 bits per heavy atom. The predicted octanol–water partition coefficient (Wildman–Crippen LogP) is 4.67. The normalized spacial score (nSPS) is 50.2. The van der Waals surface area contributed by atoms with Crippen molar-refractivity contribution in [2.75, 3.05) is 0 Å². The van der Waals surface area contributed by atoms with Crippen LogP contribution in [-0.2, 0) is 4.79 Å². The summed E-state index contributed by atoms with van der Waals surface area (Å²) in [5.41, 5.74) is 0.612. The summed E-state index contributed by atoms with van der Waals surface area (Å²) in [7, 11) is 0. The van der Waals surface area contributed by atoms with Gasteiger partial charge >= 0.3 is 0 Å². The van der Waals surface area contributed by atoms with E-state index in [4.69, 9.17) is 0 Å². The molecule has 4 nitrogen and oxygen atoms in total. The number of aliphatic hydroxyl groups is 2. The van der Waals surface area contributed by atoms with E-state index in [9.17, 15) is 15.0 Å². The lowest BCUT2D eigenvalue weighted by Gasteiger charge is -2.62. The van der Waals surface area contributed by atoms with Crippen molar-refractivity contribution in [1.82, 2.24) is 5.32 Å². The molecule has 5 fully saturated rings. The number of rotatable bonds is 5. The van der Waals surface area contributed by atoms with E-state index in [2.05, 4.69) is 26.1 Å². The number of carbonyl (C=O) groups is 1. The van der Waals surface area contributed by atoms with Crippen LogP contribution in [0.4, 0.5) is 0 Å². The van der Waals surface area contributed by atoms with Crippen molar-refractivity contribution < 1.29 is 15.0 Å². The molecule has 176 valence electrons. The Hall–Kier alpha value is -0.610. The molecule has 5 saturated carbocycles. The number of carbonyl (C=O) groups excluding carboxylic acids is 1. The number of nitrogens with one attached hydrogen (secondary N) is 1. The zero-order valence-electron chi connectivity index (χ0n) is 20.0. The Bertz CT molecular complexity index is 692. The van der Waals surface area contributed by atoms with E-state index in [0.717, 1.165) is 44.9 Å². The third kappa shape index (κ3) is 3.78. The smallest absolute Gasteiger partial charge is 0.220 e. The second-order valence-corrected chi connectivity index (χ2v) is 12.8. The SMILES string of the molecule is C[C@H](CCC(=O)NC1CC1)[C@H]1CC[C@H]2[C@@H]3[C@@H](O)C[C@@H]4C[C@H](O)CC[C@]4(C)[C@H]3CC[C@]12C. The fraction of sp³-hybridized carbons (Fsp3) is 0.963. The number of fused-ring (bicyclic) bond motifs is 5. The molecule has 0 unspecified atom stereocenters.